The fourth-order valence-corrected chi connectivity index (χ4v) is 0.945. The van der Waals surface area contributed by atoms with Crippen LogP contribution in [0.4, 0.5) is 0 Å². The Hall–Kier alpha value is -0.570. The van der Waals surface area contributed by atoms with Crippen LogP contribution >= 0.6 is 0 Å². The molecular weight excluding hydrogens is 144 g/mol. The van der Waals surface area contributed by atoms with Crippen LogP contribution in [0, 0.1) is 5.92 Å². The predicted molar refractivity (Wildman–Crippen MR) is 42.5 cm³/mol. The molecule has 0 radical (unpaired) electrons. The lowest BCUT2D eigenvalue weighted by molar-refractivity contribution is -0.144. The molecule has 1 atom stereocenters. The molecule has 0 aromatic carbocycles. The highest BCUT2D eigenvalue weighted by molar-refractivity contribution is 5.68. The third-order valence-electron chi connectivity index (χ3n) is 1.29. The van der Waals surface area contributed by atoms with Crippen LogP contribution in [0.2, 0.25) is 0 Å². The third-order valence-corrected chi connectivity index (χ3v) is 1.29. The van der Waals surface area contributed by atoms with Gasteiger partial charge >= 0.3 is 5.97 Å². The molecule has 0 saturated carbocycles. The maximum atomic E-state index is 10.1. The van der Waals surface area contributed by atoms with E-state index in [1.165, 1.54) is 0 Å². The number of aliphatic carboxylic acids is 1. The van der Waals surface area contributed by atoms with Crippen LogP contribution in [-0.2, 0) is 9.53 Å². The first-order valence-corrected chi connectivity index (χ1v) is 3.85. The molecule has 0 rings (SSSR count). The fraction of sp³-hybridized carbons (Fsp3) is 0.875. The summed E-state index contributed by atoms with van der Waals surface area (Å²) >= 11 is 0. The molecule has 0 bridgehead atoms. The highest BCUT2D eigenvalue weighted by Gasteiger charge is 2.06. The Bertz CT molecular complexity index is 121. The lowest BCUT2D eigenvalue weighted by Gasteiger charge is -2.12. The Balaban J connectivity index is 3.37. The molecule has 0 aliphatic carbocycles. The van der Waals surface area contributed by atoms with Crippen molar-refractivity contribution in [2.75, 3.05) is 6.61 Å². The van der Waals surface area contributed by atoms with Crippen LogP contribution in [0.5, 0.6) is 0 Å². The third kappa shape index (κ3) is 7.33. The van der Waals surface area contributed by atoms with Crippen LogP contribution in [0.15, 0.2) is 0 Å². The number of rotatable bonds is 5. The molecule has 0 aliphatic heterocycles. The molecule has 0 fully saturated rings. The van der Waals surface area contributed by atoms with Gasteiger partial charge < -0.3 is 9.84 Å². The minimum absolute atomic E-state index is 0.0473. The van der Waals surface area contributed by atoms with E-state index in [1.807, 2.05) is 6.92 Å². The van der Waals surface area contributed by atoms with Crippen molar-refractivity contribution in [2.45, 2.75) is 33.3 Å². The molecule has 11 heavy (non-hydrogen) atoms. The average Bonchev–Trinajstić information content (AvgIpc) is 1.82. The summed E-state index contributed by atoms with van der Waals surface area (Å²) in [6, 6.07) is 0. The van der Waals surface area contributed by atoms with Crippen molar-refractivity contribution in [3.63, 3.8) is 0 Å². The van der Waals surface area contributed by atoms with Gasteiger partial charge in [-0.1, -0.05) is 13.8 Å². The Morgan fingerprint density at radius 3 is 2.36 bits per heavy atom. The molecule has 3 heteroatoms. The van der Waals surface area contributed by atoms with Gasteiger partial charge in [0.25, 0.3) is 0 Å². The molecular formula is C8H16O3. The first-order valence-electron chi connectivity index (χ1n) is 3.85. The van der Waals surface area contributed by atoms with Crippen LogP contribution in [0.1, 0.15) is 27.2 Å². The fourth-order valence-electron chi connectivity index (χ4n) is 0.945. The first-order chi connectivity index (χ1) is 5.02. The molecule has 0 heterocycles. The van der Waals surface area contributed by atoms with E-state index in [2.05, 4.69) is 13.8 Å². The van der Waals surface area contributed by atoms with Crippen LogP contribution in [0.25, 0.3) is 0 Å². The maximum Gasteiger partial charge on any atom is 0.329 e. The van der Waals surface area contributed by atoms with E-state index in [0.29, 0.717) is 5.92 Å². The van der Waals surface area contributed by atoms with Crippen molar-refractivity contribution in [1.82, 2.24) is 0 Å². The predicted octanol–water partition coefficient (Wildman–Crippen LogP) is 1.52. The molecule has 3 nitrogen and oxygen atoms in total. The minimum atomic E-state index is -0.902. The second kappa shape index (κ2) is 5.13. The number of carboxylic acids is 1. The van der Waals surface area contributed by atoms with Gasteiger partial charge in [-0.15, -0.1) is 0 Å². The molecule has 0 aliphatic rings. The molecule has 0 amide bonds. The SMILES string of the molecule is CC(C)CC(C)OCC(=O)O. The highest BCUT2D eigenvalue weighted by atomic mass is 16.5. The second-order valence-corrected chi connectivity index (χ2v) is 3.14. The quantitative estimate of drug-likeness (QED) is 0.663. The van der Waals surface area contributed by atoms with E-state index in [9.17, 15) is 4.79 Å². The summed E-state index contributed by atoms with van der Waals surface area (Å²) in [6.45, 7) is 5.87. The van der Waals surface area contributed by atoms with Gasteiger partial charge in [-0.2, -0.15) is 0 Å². The van der Waals surface area contributed by atoms with Crippen molar-refractivity contribution in [3.05, 3.63) is 0 Å². The highest BCUT2D eigenvalue weighted by Crippen LogP contribution is 2.06. The van der Waals surface area contributed by atoms with Gasteiger partial charge in [0.15, 0.2) is 0 Å². The lowest BCUT2D eigenvalue weighted by atomic mass is 10.1. The van der Waals surface area contributed by atoms with Gasteiger partial charge in [0.05, 0.1) is 6.10 Å². The van der Waals surface area contributed by atoms with Crippen LogP contribution < -0.4 is 0 Å². The summed E-state index contributed by atoms with van der Waals surface area (Å²) in [5.74, 6) is -0.348. The average molecular weight is 160 g/mol. The first kappa shape index (κ1) is 10.4. The summed E-state index contributed by atoms with van der Waals surface area (Å²) in [5, 5.41) is 8.27. The van der Waals surface area contributed by atoms with Crippen LogP contribution in [-0.4, -0.2) is 23.8 Å². The number of ether oxygens (including phenoxy) is 1. The van der Waals surface area contributed by atoms with Gasteiger partial charge in [-0.25, -0.2) is 4.79 Å². The van der Waals surface area contributed by atoms with Gasteiger partial charge in [-0.05, 0) is 19.3 Å². The zero-order chi connectivity index (χ0) is 8.85. The molecule has 0 saturated heterocycles. The summed E-state index contributed by atoms with van der Waals surface area (Å²) in [6.07, 6.45) is 0.957. The smallest absolute Gasteiger partial charge is 0.329 e. The van der Waals surface area contributed by atoms with Gasteiger partial charge in [-0.3, -0.25) is 0 Å². The zero-order valence-electron chi connectivity index (χ0n) is 7.33. The topological polar surface area (TPSA) is 46.5 Å². The number of hydrogen-bond donors (Lipinski definition) is 1. The Morgan fingerprint density at radius 2 is 2.00 bits per heavy atom. The maximum absolute atomic E-state index is 10.1. The van der Waals surface area contributed by atoms with Crippen molar-refractivity contribution < 1.29 is 14.6 Å². The molecule has 1 unspecified atom stereocenters. The van der Waals surface area contributed by atoms with Gasteiger partial charge in [0, 0.05) is 0 Å². The monoisotopic (exact) mass is 160 g/mol. The number of hydrogen-bond acceptors (Lipinski definition) is 2. The summed E-state index contributed by atoms with van der Waals surface area (Å²) < 4.78 is 5.01. The van der Waals surface area contributed by atoms with E-state index in [4.69, 9.17) is 9.84 Å². The van der Waals surface area contributed by atoms with Crippen molar-refractivity contribution in [2.24, 2.45) is 5.92 Å². The van der Waals surface area contributed by atoms with E-state index in [1.54, 1.807) is 0 Å². The minimum Gasteiger partial charge on any atom is -0.480 e. The van der Waals surface area contributed by atoms with Crippen molar-refractivity contribution >= 4 is 5.97 Å². The Morgan fingerprint density at radius 1 is 1.45 bits per heavy atom. The van der Waals surface area contributed by atoms with Gasteiger partial charge in [0.2, 0.25) is 0 Å². The molecule has 66 valence electrons. The molecule has 0 spiro atoms. The number of carboxylic acid groups (broad SMARTS) is 1. The van der Waals surface area contributed by atoms with E-state index in [-0.39, 0.29) is 12.7 Å². The van der Waals surface area contributed by atoms with Crippen LogP contribution in [0.3, 0.4) is 0 Å². The normalized spacial score (nSPS) is 13.5. The van der Waals surface area contributed by atoms with Crippen molar-refractivity contribution in [3.8, 4) is 0 Å². The summed E-state index contributed by atoms with van der Waals surface area (Å²) in [4.78, 5) is 10.1. The largest absolute Gasteiger partial charge is 0.480 e. The summed E-state index contributed by atoms with van der Waals surface area (Å²) in [7, 11) is 0. The van der Waals surface area contributed by atoms with E-state index in [0.717, 1.165) is 6.42 Å². The Kier molecular flexibility index (Phi) is 4.86. The number of carbonyl (C=O) groups is 1. The second-order valence-electron chi connectivity index (χ2n) is 3.14. The van der Waals surface area contributed by atoms with E-state index < -0.39 is 5.97 Å². The Labute approximate surface area is 67.4 Å². The summed E-state index contributed by atoms with van der Waals surface area (Å²) in [5.41, 5.74) is 0. The lowest BCUT2D eigenvalue weighted by Crippen LogP contribution is -2.16. The molecule has 0 aromatic heterocycles. The van der Waals surface area contributed by atoms with Crippen molar-refractivity contribution in [1.29, 1.82) is 0 Å². The molecule has 1 N–H and O–H groups in total. The van der Waals surface area contributed by atoms with Gasteiger partial charge in [0.1, 0.15) is 6.61 Å². The zero-order valence-corrected chi connectivity index (χ0v) is 7.33. The van der Waals surface area contributed by atoms with E-state index >= 15 is 0 Å². The molecule has 0 aromatic rings. The standard InChI is InChI=1S/C8H16O3/c1-6(2)4-7(3)11-5-8(9)10/h6-7H,4-5H2,1-3H3,(H,9,10).